The Morgan fingerprint density at radius 3 is 2.90 bits per heavy atom. The van der Waals surface area contributed by atoms with Crippen molar-refractivity contribution in [2.75, 3.05) is 5.73 Å². The molecule has 3 N–H and O–H groups in total. The van der Waals surface area contributed by atoms with E-state index in [2.05, 4.69) is 20.5 Å². The van der Waals surface area contributed by atoms with Gasteiger partial charge in [-0.2, -0.15) is 0 Å². The lowest BCUT2D eigenvalue weighted by Crippen LogP contribution is -2.01. The van der Waals surface area contributed by atoms with Crippen molar-refractivity contribution in [3.63, 3.8) is 0 Å². The van der Waals surface area contributed by atoms with E-state index in [1.54, 1.807) is 0 Å². The topological polar surface area (TPSA) is 76.7 Å². The zero-order valence-electron chi connectivity index (χ0n) is 5.33. The smallest absolute Gasteiger partial charge is 0.240 e. The Hall–Kier alpha value is -1.23. The molecule has 0 saturated heterocycles. The first-order chi connectivity index (χ1) is 4.86. The van der Waals surface area contributed by atoms with Gasteiger partial charge in [-0.25, -0.2) is 4.98 Å². The Morgan fingerprint density at radius 2 is 2.00 bits per heavy atom. The number of nitrogens with two attached hydrogens (primary N) is 1. The minimum absolute atomic E-state index is 0.252. The van der Waals surface area contributed by atoms with E-state index in [-0.39, 0.29) is 5.95 Å². The molecular weight excluding hydrogens is 130 g/mol. The van der Waals surface area contributed by atoms with Crippen LogP contribution in [0.5, 0.6) is 0 Å². The standard InChI is InChI=1S/C5H7N5/c6-5-8-3-1-7-2-4(3)9-10-5/h7H,1-2H2,(H2,6,8,10). The van der Waals surface area contributed by atoms with Crippen LogP contribution in [0.2, 0.25) is 0 Å². The summed E-state index contributed by atoms with van der Waals surface area (Å²) in [6.45, 7) is 1.52. The molecule has 0 aromatic carbocycles. The number of anilines is 1. The van der Waals surface area contributed by atoms with Crippen molar-refractivity contribution < 1.29 is 0 Å². The van der Waals surface area contributed by atoms with Gasteiger partial charge in [-0.3, -0.25) is 0 Å². The molecule has 5 nitrogen and oxygen atoms in total. The normalized spacial score (nSPS) is 15.2. The van der Waals surface area contributed by atoms with Gasteiger partial charge in [-0.05, 0) is 0 Å². The molecule has 5 heteroatoms. The molecular formula is C5H7N5. The number of hydrogen-bond acceptors (Lipinski definition) is 5. The van der Waals surface area contributed by atoms with Crippen LogP contribution < -0.4 is 11.1 Å². The van der Waals surface area contributed by atoms with Crippen molar-refractivity contribution in [1.82, 2.24) is 20.5 Å². The van der Waals surface area contributed by atoms with Crippen LogP contribution in [0.25, 0.3) is 0 Å². The van der Waals surface area contributed by atoms with Crippen LogP contribution in [0.4, 0.5) is 5.95 Å². The fraction of sp³-hybridized carbons (Fsp3) is 0.400. The molecule has 0 amide bonds. The van der Waals surface area contributed by atoms with Crippen LogP contribution in [0.15, 0.2) is 0 Å². The average Bonchev–Trinajstić information content (AvgIpc) is 2.33. The molecule has 0 unspecified atom stereocenters. The van der Waals surface area contributed by atoms with Crippen LogP contribution >= 0.6 is 0 Å². The first kappa shape index (κ1) is 5.55. The number of hydrogen-bond donors (Lipinski definition) is 2. The van der Waals surface area contributed by atoms with Crippen molar-refractivity contribution in [3.05, 3.63) is 11.4 Å². The summed E-state index contributed by atoms with van der Waals surface area (Å²) in [6.07, 6.45) is 0. The summed E-state index contributed by atoms with van der Waals surface area (Å²) in [5, 5.41) is 10.6. The number of rotatable bonds is 0. The Bertz CT molecular complexity index is 258. The third kappa shape index (κ3) is 0.714. The second kappa shape index (κ2) is 1.88. The molecule has 1 aliphatic heterocycles. The number of nitrogens with zero attached hydrogens (tertiary/aromatic N) is 3. The Morgan fingerprint density at radius 1 is 1.20 bits per heavy atom. The molecule has 10 heavy (non-hydrogen) atoms. The molecule has 52 valence electrons. The lowest BCUT2D eigenvalue weighted by atomic mass is 10.4. The highest BCUT2D eigenvalue weighted by Gasteiger charge is 2.12. The first-order valence-electron chi connectivity index (χ1n) is 3.05. The average molecular weight is 137 g/mol. The number of nitrogen functional groups attached to an aromatic ring is 1. The Balaban J connectivity index is 2.52. The summed E-state index contributed by atoms with van der Waals surface area (Å²) < 4.78 is 0. The quantitative estimate of drug-likeness (QED) is 0.482. The summed E-state index contributed by atoms with van der Waals surface area (Å²) in [7, 11) is 0. The second-order valence-electron chi connectivity index (χ2n) is 2.17. The van der Waals surface area contributed by atoms with E-state index in [1.165, 1.54) is 0 Å². The summed E-state index contributed by atoms with van der Waals surface area (Å²) in [5.41, 5.74) is 7.15. The first-order valence-corrected chi connectivity index (χ1v) is 3.05. The predicted octanol–water partition coefficient (Wildman–Crippen LogP) is -0.943. The van der Waals surface area contributed by atoms with Gasteiger partial charge in [-0.15, -0.1) is 10.2 Å². The number of nitrogens with one attached hydrogen (secondary N) is 1. The molecule has 1 aromatic heterocycles. The van der Waals surface area contributed by atoms with Gasteiger partial charge in [0.1, 0.15) is 0 Å². The van der Waals surface area contributed by atoms with E-state index in [0.717, 1.165) is 24.5 Å². The minimum Gasteiger partial charge on any atom is -0.366 e. The lowest BCUT2D eigenvalue weighted by molar-refractivity contribution is 0.750. The Kier molecular flexibility index (Phi) is 1.04. The van der Waals surface area contributed by atoms with Crippen LogP contribution in [0.3, 0.4) is 0 Å². The van der Waals surface area contributed by atoms with Crippen molar-refractivity contribution >= 4 is 5.95 Å². The lowest BCUT2D eigenvalue weighted by Gasteiger charge is -1.93. The van der Waals surface area contributed by atoms with Crippen LogP contribution in [0.1, 0.15) is 11.4 Å². The predicted molar refractivity (Wildman–Crippen MR) is 34.8 cm³/mol. The van der Waals surface area contributed by atoms with Gasteiger partial charge < -0.3 is 11.1 Å². The van der Waals surface area contributed by atoms with Gasteiger partial charge in [0.15, 0.2) is 0 Å². The molecule has 0 spiro atoms. The number of aromatic nitrogens is 3. The fourth-order valence-electron chi connectivity index (χ4n) is 0.973. The van der Waals surface area contributed by atoms with Gasteiger partial charge in [0.2, 0.25) is 5.95 Å². The summed E-state index contributed by atoms with van der Waals surface area (Å²) >= 11 is 0. The van der Waals surface area contributed by atoms with Gasteiger partial charge in [-0.1, -0.05) is 0 Å². The number of fused-ring (bicyclic) bond motifs is 1. The highest BCUT2D eigenvalue weighted by Crippen LogP contribution is 2.08. The highest BCUT2D eigenvalue weighted by atomic mass is 15.2. The van der Waals surface area contributed by atoms with Crippen LogP contribution in [0, 0.1) is 0 Å². The van der Waals surface area contributed by atoms with E-state index >= 15 is 0 Å². The van der Waals surface area contributed by atoms with E-state index in [1.807, 2.05) is 0 Å². The summed E-state index contributed by atoms with van der Waals surface area (Å²) in [4.78, 5) is 4.00. The molecule has 0 bridgehead atoms. The van der Waals surface area contributed by atoms with Crippen LogP contribution in [-0.2, 0) is 13.1 Å². The van der Waals surface area contributed by atoms with Gasteiger partial charge in [0, 0.05) is 13.1 Å². The third-order valence-electron chi connectivity index (χ3n) is 1.44. The molecule has 1 aliphatic rings. The Labute approximate surface area is 57.7 Å². The molecule has 0 radical (unpaired) electrons. The SMILES string of the molecule is Nc1nnc2c(n1)CNC2. The summed E-state index contributed by atoms with van der Waals surface area (Å²) in [6, 6.07) is 0. The van der Waals surface area contributed by atoms with E-state index in [0.29, 0.717) is 0 Å². The van der Waals surface area contributed by atoms with E-state index in [4.69, 9.17) is 5.73 Å². The van der Waals surface area contributed by atoms with Gasteiger partial charge >= 0.3 is 0 Å². The second-order valence-corrected chi connectivity index (χ2v) is 2.17. The van der Waals surface area contributed by atoms with Crippen molar-refractivity contribution in [3.8, 4) is 0 Å². The molecule has 0 aliphatic carbocycles. The summed E-state index contributed by atoms with van der Waals surface area (Å²) in [5.74, 6) is 0.252. The fourth-order valence-corrected chi connectivity index (χ4v) is 0.973. The molecule has 0 fully saturated rings. The van der Waals surface area contributed by atoms with Crippen molar-refractivity contribution in [1.29, 1.82) is 0 Å². The zero-order valence-corrected chi connectivity index (χ0v) is 5.33. The van der Waals surface area contributed by atoms with Crippen LogP contribution in [-0.4, -0.2) is 15.2 Å². The van der Waals surface area contributed by atoms with Gasteiger partial charge in [0.25, 0.3) is 0 Å². The molecule has 0 atom stereocenters. The molecule has 1 aromatic rings. The maximum absolute atomic E-state index is 5.32. The van der Waals surface area contributed by atoms with Gasteiger partial charge in [0.05, 0.1) is 11.4 Å². The minimum atomic E-state index is 0.252. The van der Waals surface area contributed by atoms with Crippen molar-refractivity contribution in [2.45, 2.75) is 13.1 Å². The largest absolute Gasteiger partial charge is 0.366 e. The third-order valence-corrected chi connectivity index (χ3v) is 1.44. The molecule has 0 saturated carbocycles. The molecule has 2 heterocycles. The molecule has 2 rings (SSSR count). The monoisotopic (exact) mass is 137 g/mol. The zero-order chi connectivity index (χ0) is 6.97. The van der Waals surface area contributed by atoms with E-state index in [9.17, 15) is 0 Å². The highest BCUT2D eigenvalue weighted by molar-refractivity contribution is 5.21. The van der Waals surface area contributed by atoms with E-state index < -0.39 is 0 Å². The van der Waals surface area contributed by atoms with Crippen molar-refractivity contribution in [2.24, 2.45) is 0 Å². The maximum atomic E-state index is 5.32. The maximum Gasteiger partial charge on any atom is 0.240 e.